The topological polar surface area (TPSA) is 70.9 Å². The van der Waals surface area contributed by atoms with E-state index in [-0.39, 0.29) is 18.4 Å². The Labute approximate surface area is 109 Å². The second kappa shape index (κ2) is 5.73. The number of fused-ring (bicyclic) bond motifs is 1. The summed E-state index contributed by atoms with van der Waals surface area (Å²) in [5, 5.41) is 14.5. The molecule has 0 saturated heterocycles. The van der Waals surface area contributed by atoms with Crippen LogP contribution in [0, 0.1) is 0 Å². The second-order valence-corrected chi connectivity index (χ2v) is 4.19. The van der Waals surface area contributed by atoms with Gasteiger partial charge in [0.15, 0.2) is 0 Å². The third-order valence-electron chi connectivity index (χ3n) is 2.70. The van der Waals surface area contributed by atoms with Gasteiger partial charge in [0.1, 0.15) is 18.1 Å². The number of hydrogen-bond acceptors (Lipinski definition) is 4. The second-order valence-electron chi connectivity index (χ2n) is 3.92. The van der Waals surface area contributed by atoms with Crippen LogP contribution in [0.3, 0.4) is 0 Å². The summed E-state index contributed by atoms with van der Waals surface area (Å²) in [6.07, 6.45) is 1.09. The molecule has 96 valence electrons. The molecule has 0 aliphatic carbocycles. The average molecular weight is 269 g/mol. The van der Waals surface area contributed by atoms with Gasteiger partial charge >= 0.3 is 0 Å². The van der Waals surface area contributed by atoms with E-state index in [1.165, 1.54) is 0 Å². The maximum Gasteiger partial charge on any atom is 0.224 e. The molecule has 1 aliphatic heterocycles. The maximum absolute atomic E-state index is 11.3. The molecule has 5 nitrogen and oxygen atoms in total. The highest BCUT2D eigenvalue weighted by molar-refractivity contribution is 6.28. The molecule has 1 heterocycles. The maximum atomic E-state index is 11.3. The van der Waals surface area contributed by atoms with E-state index in [1.807, 2.05) is 12.1 Å². The van der Waals surface area contributed by atoms with Gasteiger partial charge < -0.3 is 15.3 Å². The third kappa shape index (κ3) is 2.73. The number of carbonyl (C=O) groups is 1. The van der Waals surface area contributed by atoms with Gasteiger partial charge in [0.2, 0.25) is 5.91 Å². The van der Waals surface area contributed by atoms with Crippen LogP contribution >= 0.6 is 11.6 Å². The molecule has 1 aliphatic rings. The van der Waals surface area contributed by atoms with Crippen molar-refractivity contribution < 1.29 is 14.7 Å². The van der Waals surface area contributed by atoms with Crippen molar-refractivity contribution in [2.75, 3.05) is 17.8 Å². The van der Waals surface area contributed by atoms with Crippen LogP contribution in [0.1, 0.15) is 12.0 Å². The molecule has 6 heteroatoms. The summed E-state index contributed by atoms with van der Waals surface area (Å²) in [6, 6.07) is 5.46. The number of oxime groups is 1. The highest BCUT2D eigenvalue weighted by Gasteiger charge is 2.18. The van der Waals surface area contributed by atoms with Crippen molar-refractivity contribution in [3.8, 4) is 5.75 Å². The van der Waals surface area contributed by atoms with Gasteiger partial charge in [-0.2, -0.15) is 0 Å². The summed E-state index contributed by atoms with van der Waals surface area (Å²) in [6.45, 7) is 0.129. The molecule has 0 fully saturated rings. The molecule has 18 heavy (non-hydrogen) atoms. The van der Waals surface area contributed by atoms with Crippen molar-refractivity contribution in [2.24, 2.45) is 5.16 Å². The molecule has 0 aromatic heterocycles. The molecule has 0 atom stereocenters. The normalized spacial score (nSPS) is 14.9. The number of nitrogens with zero attached hydrogens (tertiary/aromatic N) is 1. The summed E-state index contributed by atoms with van der Waals surface area (Å²) in [5.74, 6) is 0.805. The first-order valence-corrected chi connectivity index (χ1v) is 6.08. The number of halogens is 1. The zero-order valence-corrected chi connectivity index (χ0v) is 10.4. The average Bonchev–Trinajstić information content (AvgIpc) is 2.39. The number of benzene rings is 1. The van der Waals surface area contributed by atoms with Gasteiger partial charge in [-0.05, 0) is 18.6 Å². The predicted octanol–water partition coefficient (Wildman–Crippen LogP) is 2.02. The molecule has 1 amide bonds. The first-order chi connectivity index (χ1) is 8.74. The lowest BCUT2D eigenvalue weighted by atomic mass is 10.0. The molecular formula is C12H13ClN2O3. The summed E-state index contributed by atoms with van der Waals surface area (Å²) in [4.78, 5) is 11.3. The minimum Gasteiger partial charge on any atom is -0.487 e. The van der Waals surface area contributed by atoms with Crippen LogP contribution < -0.4 is 10.1 Å². The lowest BCUT2D eigenvalue weighted by Gasteiger charge is -2.19. The fraction of sp³-hybridized carbons (Fsp3) is 0.333. The summed E-state index contributed by atoms with van der Waals surface area (Å²) >= 11 is 5.57. The zero-order valence-electron chi connectivity index (χ0n) is 9.65. The van der Waals surface area contributed by atoms with E-state index in [2.05, 4.69) is 10.5 Å². The van der Waals surface area contributed by atoms with E-state index in [0.717, 1.165) is 11.3 Å². The number of ether oxygens (including phenoxy) is 1. The fourth-order valence-electron chi connectivity index (χ4n) is 1.78. The summed E-state index contributed by atoms with van der Waals surface area (Å²) < 4.78 is 5.56. The quantitative estimate of drug-likeness (QED) is 0.380. The number of anilines is 1. The van der Waals surface area contributed by atoms with E-state index in [0.29, 0.717) is 24.3 Å². The minimum absolute atomic E-state index is 0.0121. The monoisotopic (exact) mass is 268 g/mol. The Morgan fingerprint density at radius 1 is 1.50 bits per heavy atom. The minimum atomic E-state index is 0.0121. The first-order valence-electron chi connectivity index (χ1n) is 5.55. The van der Waals surface area contributed by atoms with Gasteiger partial charge in [-0.15, -0.1) is 11.6 Å². The van der Waals surface area contributed by atoms with Gasteiger partial charge in [-0.1, -0.05) is 11.2 Å². The Bertz CT molecular complexity index is 488. The number of hydrogen-bond donors (Lipinski definition) is 2. The number of alkyl halides is 1. The van der Waals surface area contributed by atoms with E-state index < -0.39 is 0 Å². The molecule has 0 unspecified atom stereocenters. The van der Waals surface area contributed by atoms with E-state index in [1.54, 1.807) is 6.07 Å². The fourth-order valence-corrected chi connectivity index (χ4v) is 1.91. The predicted molar refractivity (Wildman–Crippen MR) is 68.8 cm³/mol. The summed E-state index contributed by atoms with van der Waals surface area (Å²) in [7, 11) is 0. The molecule has 1 aromatic carbocycles. The van der Waals surface area contributed by atoms with Crippen molar-refractivity contribution in [1.82, 2.24) is 0 Å². The molecule has 2 N–H and O–H groups in total. The molecular weight excluding hydrogens is 256 g/mol. The van der Waals surface area contributed by atoms with Crippen molar-refractivity contribution in [2.45, 2.75) is 12.8 Å². The van der Waals surface area contributed by atoms with Crippen LogP contribution in [-0.4, -0.2) is 29.3 Å². The number of rotatable bonds is 4. The first kappa shape index (κ1) is 12.7. The van der Waals surface area contributed by atoms with Crippen molar-refractivity contribution in [1.29, 1.82) is 0 Å². The van der Waals surface area contributed by atoms with Gasteiger partial charge in [0.25, 0.3) is 0 Å². The van der Waals surface area contributed by atoms with Crippen molar-refractivity contribution >= 4 is 28.9 Å². The van der Waals surface area contributed by atoms with Crippen molar-refractivity contribution in [3.05, 3.63) is 23.8 Å². The number of carbonyl (C=O) groups excluding carboxylic acids is 1. The van der Waals surface area contributed by atoms with E-state index in [4.69, 9.17) is 21.5 Å². The Kier molecular flexibility index (Phi) is 4.04. The molecule has 0 spiro atoms. The Morgan fingerprint density at radius 2 is 2.33 bits per heavy atom. The third-order valence-corrected chi connectivity index (χ3v) is 3.01. The number of nitrogens with one attached hydrogen (secondary N) is 1. The lowest BCUT2D eigenvalue weighted by Crippen LogP contribution is -2.20. The highest BCUT2D eigenvalue weighted by atomic mass is 35.5. The van der Waals surface area contributed by atoms with E-state index >= 15 is 0 Å². The smallest absolute Gasteiger partial charge is 0.224 e. The molecule has 1 aromatic rings. The lowest BCUT2D eigenvalue weighted by molar-refractivity contribution is -0.116. The van der Waals surface area contributed by atoms with Crippen LogP contribution in [0.2, 0.25) is 0 Å². The van der Waals surface area contributed by atoms with Gasteiger partial charge in [-0.3, -0.25) is 4.79 Å². The molecule has 0 radical (unpaired) electrons. The van der Waals surface area contributed by atoms with Crippen LogP contribution in [-0.2, 0) is 11.2 Å². The zero-order chi connectivity index (χ0) is 13.0. The molecule has 2 rings (SSSR count). The molecule has 0 saturated carbocycles. The Hall–Kier alpha value is -1.75. The van der Waals surface area contributed by atoms with Gasteiger partial charge in [0.05, 0.1) is 5.88 Å². The van der Waals surface area contributed by atoms with E-state index in [9.17, 15) is 4.79 Å². The Morgan fingerprint density at radius 3 is 3.06 bits per heavy atom. The van der Waals surface area contributed by atoms with Crippen LogP contribution in [0.25, 0.3) is 0 Å². The summed E-state index contributed by atoms with van der Waals surface area (Å²) in [5.41, 5.74) is 2.09. The molecule has 0 bridgehead atoms. The highest BCUT2D eigenvalue weighted by Crippen LogP contribution is 2.30. The number of amides is 1. The Balaban J connectivity index is 2.14. The van der Waals surface area contributed by atoms with Crippen molar-refractivity contribution in [3.63, 3.8) is 0 Å². The van der Waals surface area contributed by atoms with Crippen LogP contribution in [0.15, 0.2) is 23.4 Å². The standard InChI is InChI=1S/C12H13ClN2O3/c13-6-8(15-17)7-18-11-3-1-2-10-9(11)4-5-12(16)14-10/h1-3,17H,4-7H2,(H,14,16)/b15-8+. The van der Waals surface area contributed by atoms with Gasteiger partial charge in [-0.25, -0.2) is 0 Å². The largest absolute Gasteiger partial charge is 0.487 e. The van der Waals surface area contributed by atoms with Gasteiger partial charge in [0, 0.05) is 17.7 Å². The van der Waals surface area contributed by atoms with Crippen LogP contribution in [0.4, 0.5) is 5.69 Å². The van der Waals surface area contributed by atoms with Crippen LogP contribution in [0.5, 0.6) is 5.75 Å². The SMILES string of the molecule is O=C1CCc2c(cccc2OC/C(CCl)=N/O)N1.